The zero-order valence-electron chi connectivity index (χ0n) is 13.1. The minimum atomic E-state index is -1.99. The number of carboxylic acid groups (broad SMARTS) is 2. The number of carbonyl (C=O) groups excluding carboxylic acids is 1. The molecule has 0 unspecified atom stereocenters. The summed E-state index contributed by atoms with van der Waals surface area (Å²) in [5, 5.41) is 64.8. The van der Waals surface area contributed by atoms with E-state index < -0.39 is 74.4 Å². The number of nitrogens with one attached hydrogen (secondary N) is 1. The average molecular weight is 369 g/mol. The SMILES string of the molecule is NC(=O)N(C[C@H](O)[C@@H](O)[C@H](O)[C@H](O)CO)N[C@@H](CCC(=O)O)C(=O)O. The predicted molar refractivity (Wildman–Crippen MR) is 78.8 cm³/mol. The minimum Gasteiger partial charge on any atom is -0.481 e. The van der Waals surface area contributed by atoms with Crippen molar-refractivity contribution >= 4 is 18.0 Å². The first kappa shape index (κ1) is 23.0. The lowest BCUT2D eigenvalue weighted by Gasteiger charge is -2.31. The van der Waals surface area contributed by atoms with Gasteiger partial charge in [-0.15, -0.1) is 0 Å². The van der Waals surface area contributed by atoms with E-state index in [2.05, 4.69) is 5.43 Å². The molecule has 2 amide bonds. The molecule has 0 aromatic carbocycles. The molecule has 146 valence electrons. The summed E-state index contributed by atoms with van der Waals surface area (Å²) in [4.78, 5) is 32.9. The Labute approximate surface area is 141 Å². The Morgan fingerprint density at radius 2 is 1.52 bits per heavy atom. The molecule has 10 N–H and O–H groups in total. The van der Waals surface area contributed by atoms with Crippen molar-refractivity contribution in [3.8, 4) is 0 Å². The summed E-state index contributed by atoms with van der Waals surface area (Å²) in [7, 11) is 0. The lowest BCUT2D eigenvalue weighted by atomic mass is 10.0. The van der Waals surface area contributed by atoms with E-state index in [1.807, 2.05) is 0 Å². The Morgan fingerprint density at radius 3 is 1.92 bits per heavy atom. The highest BCUT2D eigenvalue weighted by Crippen LogP contribution is 2.07. The van der Waals surface area contributed by atoms with Crippen LogP contribution in [0.15, 0.2) is 0 Å². The average Bonchev–Trinajstić information content (AvgIpc) is 2.54. The van der Waals surface area contributed by atoms with Gasteiger partial charge in [-0.3, -0.25) is 14.6 Å². The summed E-state index contributed by atoms with van der Waals surface area (Å²) in [6.45, 7) is -1.69. The fourth-order valence-corrected chi connectivity index (χ4v) is 1.76. The van der Waals surface area contributed by atoms with E-state index in [0.717, 1.165) is 0 Å². The molecule has 0 aromatic rings. The number of aliphatic hydroxyl groups is 5. The number of primary amides is 1. The molecule has 0 aromatic heterocycles. The van der Waals surface area contributed by atoms with Gasteiger partial charge in [0.25, 0.3) is 0 Å². The Bertz CT molecular complexity index is 462. The van der Waals surface area contributed by atoms with Gasteiger partial charge < -0.3 is 41.5 Å². The molecule has 0 bridgehead atoms. The third-order valence-corrected chi connectivity index (χ3v) is 3.22. The molecular formula is C12H23N3O10. The quantitative estimate of drug-likeness (QED) is 0.149. The van der Waals surface area contributed by atoms with Gasteiger partial charge in [-0.25, -0.2) is 10.2 Å². The van der Waals surface area contributed by atoms with Crippen LogP contribution in [0.4, 0.5) is 4.79 Å². The monoisotopic (exact) mass is 369 g/mol. The molecule has 0 aliphatic heterocycles. The standard InChI is InChI=1S/C12H23N3O10/c13-12(25)15(14-5(11(23)24)1-2-8(19)20)3-6(17)9(21)10(22)7(18)4-16/h5-7,9-10,14,16-18,21-22H,1-4H2,(H2,13,25)(H,19,20)(H,23,24)/t5-,6-,7+,9+,10+/m0/s1. The number of carboxylic acids is 2. The van der Waals surface area contributed by atoms with Crippen LogP contribution < -0.4 is 11.2 Å². The molecule has 0 fully saturated rings. The first-order valence-corrected chi connectivity index (χ1v) is 7.12. The Kier molecular flexibility index (Phi) is 9.88. The van der Waals surface area contributed by atoms with Crippen molar-refractivity contribution < 1.29 is 50.1 Å². The number of nitrogens with zero attached hydrogens (tertiary/aromatic N) is 1. The second kappa shape index (κ2) is 10.8. The summed E-state index contributed by atoms with van der Waals surface area (Å²) in [5.41, 5.74) is 7.13. The van der Waals surface area contributed by atoms with Crippen molar-refractivity contribution in [2.75, 3.05) is 13.2 Å². The number of urea groups is 1. The zero-order valence-corrected chi connectivity index (χ0v) is 13.1. The van der Waals surface area contributed by atoms with Gasteiger partial charge in [0, 0.05) is 6.42 Å². The predicted octanol–water partition coefficient (Wildman–Crippen LogP) is -4.37. The van der Waals surface area contributed by atoms with Crippen molar-refractivity contribution in [3.63, 3.8) is 0 Å². The number of hydrazine groups is 1. The van der Waals surface area contributed by atoms with Crippen LogP contribution in [0.25, 0.3) is 0 Å². The normalized spacial score (nSPS) is 17.2. The fourth-order valence-electron chi connectivity index (χ4n) is 1.76. The van der Waals surface area contributed by atoms with Crippen LogP contribution >= 0.6 is 0 Å². The molecule has 0 heterocycles. The summed E-state index contributed by atoms with van der Waals surface area (Å²) < 4.78 is 0. The Balaban J connectivity index is 4.95. The van der Waals surface area contributed by atoms with Crippen LogP contribution in [-0.4, -0.2) is 102 Å². The van der Waals surface area contributed by atoms with E-state index in [-0.39, 0.29) is 0 Å². The molecule has 13 heteroatoms. The van der Waals surface area contributed by atoms with E-state index in [1.54, 1.807) is 0 Å². The number of hydrogen-bond acceptors (Lipinski definition) is 9. The Hall–Kier alpha value is -2.03. The zero-order chi connectivity index (χ0) is 19.7. The number of hydrogen-bond donors (Lipinski definition) is 9. The number of nitrogens with two attached hydrogens (primary N) is 1. The maximum Gasteiger partial charge on any atom is 0.329 e. The van der Waals surface area contributed by atoms with Crippen LogP contribution in [0.3, 0.4) is 0 Å². The molecule has 0 saturated carbocycles. The topological polar surface area (TPSA) is 234 Å². The molecule has 0 radical (unpaired) electrons. The van der Waals surface area contributed by atoms with E-state index in [4.69, 9.17) is 21.1 Å². The first-order chi connectivity index (χ1) is 11.5. The smallest absolute Gasteiger partial charge is 0.329 e. The van der Waals surface area contributed by atoms with E-state index in [1.165, 1.54) is 0 Å². The van der Waals surface area contributed by atoms with Crippen molar-refractivity contribution in [2.45, 2.75) is 43.3 Å². The lowest BCUT2D eigenvalue weighted by Crippen LogP contribution is -2.58. The maximum atomic E-state index is 11.3. The molecule has 0 spiro atoms. The van der Waals surface area contributed by atoms with E-state index >= 15 is 0 Å². The van der Waals surface area contributed by atoms with Gasteiger partial charge >= 0.3 is 18.0 Å². The summed E-state index contributed by atoms with van der Waals surface area (Å²) in [6.07, 6.45) is -8.50. The van der Waals surface area contributed by atoms with Crippen molar-refractivity contribution in [1.82, 2.24) is 10.4 Å². The molecule has 0 rings (SSSR count). The van der Waals surface area contributed by atoms with Crippen LogP contribution in [0, 0.1) is 0 Å². The van der Waals surface area contributed by atoms with Gasteiger partial charge in [0.15, 0.2) is 0 Å². The number of aliphatic carboxylic acids is 2. The maximum absolute atomic E-state index is 11.3. The molecule has 13 nitrogen and oxygen atoms in total. The second-order valence-electron chi connectivity index (χ2n) is 5.20. The van der Waals surface area contributed by atoms with Crippen LogP contribution in [0.2, 0.25) is 0 Å². The van der Waals surface area contributed by atoms with Crippen molar-refractivity contribution in [2.24, 2.45) is 5.73 Å². The fraction of sp³-hybridized carbons (Fsp3) is 0.750. The number of aliphatic hydroxyl groups excluding tert-OH is 5. The first-order valence-electron chi connectivity index (χ1n) is 7.12. The van der Waals surface area contributed by atoms with E-state index in [0.29, 0.717) is 5.01 Å². The molecule has 0 aliphatic carbocycles. The van der Waals surface area contributed by atoms with E-state index in [9.17, 15) is 34.8 Å². The second-order valence-corrected chi connectivity index (χ2v) is 5.20. The number of amides is 2. The summed E-state index contributed by atoms with van der Waals surface area (Å²) in [5.74, 6) is -2.76. The molecule has 25 heavy (non-hydrogen) atoms. The Morgan fingerprint density at radius 1 is 1.00 bits per heavy atom. The minimum absolute atomic E-state index is 0.404. The van der Waals surface area contributed by atoms with Crippen LogP contribution in [-0.2, 0) is 9.59 Å². The summed E-state index contributed by atoms with van der Waals surface area (Å²) in [6, 6.07) is -2.77. The number of rotatable bonds is 12. The van der Waals surface area contributed by atoms with Gasteiger partial charge in [-0.1, -0.05) is 0 Å². The third-order valence-electron chi connectivity index (χ3n) is 3.22. The third kappa shape index (κ3) is 8.06. The van der Waals surface area contributed by atoms with Gasteiger partial charge in [0.05, 0.1) is 13.2 Å². The molecule has 0 aliphatic rings. The van der Waals surface area contributed by atoms with Gasteiger partial charge in [0.1, 0.15) is 30.5 Å². The van der Waals surface area contributed by atoms with Crippen LogP contribution in [0.1, 0.15) is 12.8 Å². The molecule has 5 atom stereocenters. The van der Waals surface area contributed by atoms with Crippen molar-refractivity contribution in [1.29, 1.82) is 0 Å². The molecule has 0 saturated heterocycles. The highest BCUT2D eigenvalue weighted by atomic mass is 16.4. The van der Waals surface area contributed by atoms with Crippen molar-refractivity contribution in [3.05, 3.63) is 0 Å². The highest BCUT2D eigenvalue weighted by molar-refractivity contribution is 5.76. The molecular weight excluding hydrogens is 346 g/mol. The van der Waals surface area contributed by atoms with Gasteiger partial charge in [0.2, 0.25) is 0 Å². The van der Waals surface area contributed by atoms with Crippen LogP contribution in [0.5, 0.6) is 0 Å². The summed E-state index contributed by atoms with van der Waals surface area (Å²) >= 11 is 0. The lowest BCUT2D eigenvalue weighted by molar-refractivity contribution is -0.142. The largest absolute Gasteiger partial charge is 0.481 e. The van der Waals surface area contributed by atoms with Gasteiger partial charge in [-0.2, -0.15) is 0 Å². The van der Waals surface area contributed by atoms with Gasteiger partial charge in [-0.05, 0) is 6.42 Å². The highest BCUT2D eigenvalue weighted by Gasteiger charge is 2.33. The number of carbonyl (C=O) groups is 3.